The number of hydrogen-bond donors (Lipinski definition) is 2. The van der Waals surface area contributed by atoms with Crippen molar-refractivity contribution in [3.8, 4) is 0 Å². The summed E-state index contributed by atoms with van der Waals surface area (Å²) in [5, 5.41) is 2.50. The van der Waals surface area contributed by atoms with Gasteiger partial charge in [0.25, 0.3) is 5.91 Å². The van der Waals surface area contributed by atoms with Crippen molar-refractivity contribution in [2.75, 3.05) is 13.1 Å². The minimum absolute atomic E-state index is 0. The van der Waals surface area contributed by atoms with Crippen molar-refractivity contribution in [3.63, 3.8) is 0 Å². The van der Waals surface area contributed by atoms with Gasteiger partial charge in [-0.3, -0.25) is 14.5 Å². The number of benzene rings is 1. The molecule has 2 fully saturated rings. The molecule has 3 rings (SSSR count). The zero-order chi connectivity index (χ0) is 18.0. The van der Waals surface area contributed by atoms with Crippen molar-refractivity contribution in [2.45, 2.75) is 44.8 Å². The van der Waals surface area contributed by atoms with E-state index >= 15 is 0 Å². The predicted octanol–water partition coefficient (Wildman–Crippen LogP) is 1.50. The first kappa shape index (κ1) is 20.2. The van der Waals surface area contributed by atoms with Gasteiger partial charge in [0.05, 0.1) is 13.1 Å². The smallest absolute Gasteiger partial charge is 0.324 e. The van der Waals surface area contributed by atoms with Crippen LogP contribution in [0.3, 0.4) is 0 Å². The Morgan fingerprint density at radius 1 is 1.35 bits per heavy atom. The highest BCUT2D eigenvalue weighted by Crippen LogP contribution is 2.22. The number of imide groups is 1. The fraction of sp³-hybridized carbons (Fsp3) is 0.500. The van der Waals surface area contributed by atoms with Crippen LogP contribution >= 0.6 is 12.4 Å². The van der Waals surface area contributed by atoms with E-state index < -0.39 is 6.03 Å². The molecule has 142 valence electrons. The average molecular weight is 381 g/mol. The first-order valence-corrected chi connectivity index (χ1v) is 8.71. The van der Waals surface area contributed by atoms with Gasteiger partial charge in [-0.15, -0.1) is 12.4 Å². The number of rotatable bonds is 4. The number of urea groups is 1. The van der Waals surface area contributed by atoms with Gasteiger partial charge < -0.3 is 16.0 Å². The van der Waals surface area contributed by atoms with Gasteiger partial charge in [-0.25, -0.2) is 4.79 Å². The topological polar surface area (TPSA) is 95.7 Å². The predicted molar refractivity (Wildman–Crippen MR) is 100.0 cm³/mol. The van der Waals surface area contributed by atoms with Gasteiger partial charge in [0.15, 0.2) is 0 Å². The van der Waals surface area contributed by atoms with Crippen molar-refractivity contribution < 1.29 is 14.4 Å². The van der Waals surface area contributed by atoms with Gasteiger partial charge in [0, 0.05) is 24.2 Å². The summed E-state index contributed by atoms with van der Waals surface area (Å²) in [7, 11) is 0. The Balaban J connectivity index is 0.00000243. The highest BCUT2D eigenvalue weighted by atomic mass is 35.5. The Morgan fingerprint density at radius 2 is 2.12 bits per heavy atom. The van der Waals surface area contributed by atoms with Crippen molar-refractivity contribution in [2.24, 2.45) is 5.73 Å². The Bertz CT molecular complexity index is 679. The number of nitrogens with two attached hydrogens (primary N) is 1. The van der Waals surface area contributed by atoms with E-state index in [1.54, 1.807) is 18.2 Å². The van der Waals surface area contributed by atoms with Crippen molar-refractivity contribution in [1.29, 1.82) is 0 Å². The summed E-state index contributed by atoms with van der Waals surface area (Å²) in [6.45, 7) is 2.84. The second kappa shape index (κ2) is 8.51. The Hall–Kier alpha value is -2.12. The summed E-state index contributed by atoms with van der Waals surface area (Å²) in [6.07, 6.45) is 2.99. The third-order valence-corrected chi connectivity index (χ3v) is 4.87. The second-order valence-electron chi connectivity index (χ2n) is 6.76. The van der Waals surface area contributed by atoms with Gasteiger partial charge in [-0.1, -0.05) is 12.1 Å². The molecule has 3 N–H and O–H groups in total. The Morgan fingerprint density at radius 3 is 2.77 bits per heavy atom. The highest BCUT2D eigenvalue weighted by molar-refractivity contribution is 6.02. The summed E-state index contributed by atoms with van der Waals surface area (Å²) >= 11 is 0. The zero-order valence-corrected chi connectivity index (χ0v) is 15.6. The first-order chi connectivity index (χ1) is 12.0. The maximum Gasteiger partial charge on any atom is 0.324 e. The molecule has 0 radical (unpaired) electrons. The van der Waals surface area contributed by atoms with Crippen LogP contribution in [0.15, 0.2) is 24.3 Å². The minimum atomic E-state index is -0.394. The lowest BCUT2D eigenvalue weighted by Crippen LogP contribution is -2.51. The maximum atomic E-state index is 12.9. The standard InChI is InChI=1S/C18H24N4O3.ClH/c1-12(19)15-7-2-3-8-21(15)17(24)14-6-4-5-13(9-14)11-22-16(23)10-20-18(22)25;/h4-6,9,12,15H,2-3,7-8,10-11,19H2,1H3,(H,20,25);1H. The van der Waals surface area contributed by atoms with Crippen LogP contribution < -0.4 is 11.1 Å². The minimum Gasteiger partial charge on any atom is -0.334 e. The van der Waals surface area contributed by atoms with Gasteiger partial charge >= 0.3 is 6.03 Å². The van der Waals surface area contributed by atoms with Crippen LogP contribution in [-0.2, 0) is 11.3 Å². The largest absolute Gasteiger partial charge is 0.334 e. The molecule has 0 aliphatic carbocycles. The summed E-state index contributed by atoms with van der Waals surface area (Å²) in [5.41, 5.74) is 7.38. The van der Waals surface area contributed by atoms with Gasteiger partial charge in [0.1, 0.15) is 0 Å². The van der Waals surface area contributed by atoms with Crippen molar-refractivity contribution >= 4 is 30.3 Å². The number of carbonyl (C=O) groups excluding carboxylic acids is 3. The van der Waals surface area contributed by atoms with E-state index in [2.05, 4.69) is 5.32 Å². The zero-order valence-electron chi connectivity index (χ0n) is 14.8. The van der Waals surface area contributed by atoms with Gasteiger partial charge in [-0.2, -0.15) is 0 Å². The fourth-order valence-electron chi connectivity index (χ4n) is 3.52. The molecule has 2 aliphatic rings. The number of piperidine rings is 1. The molecule has 2 unspecified atom stereocenters. The molecule has 7 nitrogen and oxygen atoms in total. The Labute approximate surface area is 159 Å². The van der Waals surface area contributed by atoms with Crippen LogP contribution in [0.25, 0.3) is 0 Å². The SMILES string of the molecule is CC(N)C1CCCCN1C(=O)c1cccc(CN2C(=O)CNC2=O)c1.Cl. The third kappa shape index (κ3) is 4.16. The molecule has 0 saturated carbocycles. The number of halogens is 1. The average Bonchev–Trinajstić information content (AvgIpc) is 2.93. The Kier molecular flexibility index (Phi) is 6.61. The fourth-order valence-corrected chi connectivity index (χ4v) is 3.52. The highest BCUT2D eigenvalue weighted by Gasteiger charge is 2.31. The van der Waals surface area contributed by atoms with Crippen molar-refractivity contribution in [1.82, 2.24) is 15.1 Å². The normalized spacial score (nSPS) is 21.2. The van der Waals surface area contributed by atoms with Crippen LogP contribution in [0.5, 0.6) is 0 Å². The molecule has 8 heteroatoms. The molecular weight excluding hydrogens is 356 g/mol. The lowest BCUT2D eigenvalue weighted by molar-refractivity contribution is -0.125. The molecule has 2 aliphatic heterocycles. The molecule has 2 atom stereocenters. The van der Waals surface area contributed by atoms with Crippen LogP contribution in [0.4, 0.5) is 4.79 Å². The van der Waals surface area contributed by atoms with E-state index in [4.69, 9.17) is 5.73 Å². The van der Waals surface area contributed by atoms with E-state index in [1.807, 2.05) is 17.9 Å². The van der Waals surface area contributed by atoms with Crippen LogP contribution in [-0.4, -0.2) is 52.8 Å². The molecule has 1 aromatic carbocycles. The van der Waals surface area contributed by atoms with Gasteiger partial charge in [-0.05, 0) is 43.9 Å². The van der Waals surface area contributed by atoms with Crippen LogP contribution in [0.2, 0.25) is 0 Å². The monoisotopic (exact) mass is 380 g/mol. The molecule has 0 spiro atoms. The molecule has 26 heavy (non-hydrogen) atoms. The molecule has 4 amide bonds. The van der Waals surface area contributed by atoms with E-state index in [0.717, 1.165) is 29.7 Å². The van der Waals surface area contributed by atoms with E-state index in [9.17, 15) is 14.4 Å². The third-order valence-electron chi connectivity index (χ3n) is 4.87. The summed E-state index contributed by atoms with van der Waals surface area (Å²) in [6, 6.07) is 6.71. The summed E-state index contributed by atoms with van der Waals surface area (Å²) < 4.78 is 0. The summed E-state index contributed by atoms with van der Waals surface area (Å²) in [5.74, 6) is -0.296. The molecule has 0 aromatic heterocycles. The number of nitrogens with zero attached hydrogens (tertiary/aromatic N) is 2. The molecule has 2 heterocycles. The molecule has 1 aromatic rings. The van der Waals surface area contributed by atoms with E-state index in [0.29, 0.717) is 12.1 Å². The lowest BCUT2D eigenvalue weighted by atomic mass is 9.95. The number of hydrogen-bond acceptors (Lipinski definition) is 4. The number of likely N-dealkylation sites (tertiary alicyclic amines) is 1. The van der Waals surface area contributed by atoms with E-state index in [-0.39, 0.29) is 49.4 Å². The molecule has 0 bridgehead atoms. The maximum absolute atomic E-state index is 12.9. The number of carbonyl (C=O) groups is 3. The molecule has 2 saturated heterocycles. The quantitative estimate of drug-likeness (QED) is 0.774. The molecular formula is C18H25ClN4O3. The van der Waals surface area contributed by atoms with Crippen LogP contribution in [0.1, 0.15) is 42.1 Å². The first-order valence-electron chi connectivity index (χ1n) is 8.71. The van der Waals surface area contributed by atoms with Crippen LogP contribution in [0, 0.1) is 0 Å². The van der Waals surface area contributed by atoms with Gasteiger partial charge in [0.2, 0.25) is 5.91 Å². The number of amides is 4. The van der Waals surface area contributed by atoms with Crippen molar-refractivity contribution in [3.05, 3.63) is 35.4 Å². The van der Waals surface area contributed by atoms with E-state index in [1.165, 1.54) is 0 Å². The summed E-state index contributed by atoms with van der Waals surface area (Å²) in [4.78, 5) is 39.4. The second-order valence-corrected chi connectivity index (χ2v) is 6.76. The lowest BCUT2D eigenvalue weighted by Gasteiger charge is -2.38. The number of nitrogens with one attached hydrogen (secondary N) is 1.